The zero-order valence-electron chi connectivity index (χ0n) is 8.52. The number of thioether (sulfide) groups is 1. The lowest BCUT2D eigenvalue weighted by atomic mass is 10.3. The quantitative estimate of drug-likeness (QED) is 0.826. The van der Waals surface area contributed by atoms with Gasteiger partial charge in [0.1, 0.15) is 12.2 Å². The minimum atomic E-state index is -0.886. The van der Waals surface area contributed by atoms with Crippen LogP contribution in [0, 0.1) is 11.6 Å². The van der Waals surface area contributed by atoms with Gasteiger partial charge in [0.25, 0.3) is 0 Å². The van der Waals surface area contributed by atoms with Crippen LogP contribution in [0.2, 0.25) is 0 Å². The molecule has 0 spiro atoms. The second-order valence-electron chi connectivity index (χ2n) is 3.12. The van der Waals surface area contributed by atoms with E-state index in [9.17, 15) is 8.78 Å². The van der Waals surface area contributed by atoms with Crippen molar-refractivity contribution < 1.29 is 8.78 Å². The Bertz CT molecular complexity index is 499. The molecule has 0 radical (unpaired) electrons. The van der Waals surface area contributed by atoms with Gasteiger partial charge in [0, 0.05) is 6.07 Å². The van der Waals surface area contributed by atoms with Crippen LogP contribution in [0.3, 0.4) is 0 Å². The maximum absolute atomic E-state index is 13.0. The van der Waals surface area contributed by atoms with Crippen LogP contribution in [0.5, 0.6) is 0 Å². The first-order valence-electron chi connectivity index (χ1n) is 4.55. The lowest BCUT2D eigenvalue weighted by molar-refractivity contribution is 0.507. The van der Waals surface area contributed by atoms with Crippen LogP contribution in [-0.4, -0.2) is 21.0 Å². The van der Waals surface area contributed by atoms with Crippen molar-refractivity contribution in [1.29, 1.82) is 0 Å². The molecule has 0 amide bonds. The molecule has 0 atom stereocenters. The molecule has 0 aliphatic carbocycles. The van der Waals surface area contributed by atoms with Crippen molar-refractivity contribution >= 4 is 11.8 Å². The molecule has 1 aromatic heterocycles. The highest BCUT2D eigenvalue weighted by Gasteiger charge is 2.08. The molecule has 1 heterocycles. The third kappa shape index (κ3) is 2.06. The number of hydrogen-bond acceptors (Lipinski definition) is 3. The van der Waals surface area contributed by atoms with E-state index in [1.165, 1.54) is 17.1 Å². The van der Waals surface area contributed by atoms with Gasteiger partial charge in [0.15, 0.2) is 11.6 Å². The molecule has 2 rings (SSSR count). The summed E-state index contributed by atoms with van der Waals surface area (Å²) in [7, 11) is 0. The van der Waals surface area contributed by atoms with E-state index in [1.807, 2.05) is 6.26 Å². The van der Waals surface area contributed by atoms with E-state index in [-0.39, 0.29) is 0 Å². The Morgan fingerprint density at radius 3 is 2.81 bits per heavy atom. The minimum absolute atomic E-state index is 0.473. The van der Waals surface area contributed by atoms with E-state index in [0.717, 1.165) is 12.1 Å². The Kier molecular flexibility index (Phi) is 3.19. The first-order valence-corrected chi connectivity index (χ1v) is 5.95. The normalized spacial score (nSPS) is 10.7. The minimum Gasteiger partial charge on any atom is -0.219 e. The number of aromatic nitrogens is 3. The molecular formula is C10H9F2N3S. The van der Waals surface area contributed by atoms with Crippen LogP contribution in [0.4, 0.5) is 8.78 Å². The zero-order valence-corrected chi connectivity index (χ0v) is 9.34. The Morgan fingerprint density at radius 1 is 1.31 bits per heavy atom. The first-order chi connectivity index (χ1) is 7.72. The largest absolute Gasteiger partial charge is 0.219 e. The monoisotopic (exact) mass is 241 g/mol. The summed E-state index contributed by atoms with van der Waals surface area (Å²) in [6.07, 6.45) is 3.33. The molecular weight excluding hydrogens is 232 g/mol. The van der Waals surface area contributed by atoms with Crippen molar-refractivity contribution in [2.75, 3.05) is 6.26 Å². The molecule has 0 saturated heterocycles. The summed E-state index contributed by atoms with van der Waals surface area (Å²) in [5.74, 6) is -0.379. The highest BCUT2D eigenvalue weighted by Crippen LogP contribution is 2.15. The molecule has 0 saturated carbocycles. The molecule has 1 aromatic carbocycles. The maximum atomic E-state index is 13.0. The highest BCUT2D eigenvalue weighted by atomic mass is 32.2. The van der Waals surface area contributed by atoms with E-state index in [2.05, 4.69) is 10.1 Å². The van der Waals surface area contributed by atoms with E-state index >= 15 is 0 Å². The predicted octanol–water partition coefficient (Wildman–Crippen LogP) is 2.41. The van der Waals surface area contributed by atoms with Crippen molar-refractivity contribution in [3.8, 4) is 5.69 Å². The number of rotatable bonds is 3. The van der Waals surface area contributed by atoms with Gasteiger partial charge in [0.05, 0.1) is 11.4 Å². The second-order valence-corrected chi connectivity index (χ2v) is 3.99. The first kappa shape index (κ1) is 11.1. The van der Waals surface area contributed by atoms with Crippen LogP contribution in [0.25, 0.3) is 5.69 Å². The van der Waals surface area contributed by atoms with Crippen LogP contribution < -0.4 is 0 Å². The van der Waals surface area contributed by atoms with E-state index in [4.69, 9.17) is 0 Å². The standard InChI is InChI=1S/C10H9F2N3S/c1-16-5-10-13-6-14-15(10)7-2-3-8(11)9(12)4-7/h2-4,6H,5H2,1H3. The van der Waals surface area contributed by atoms with Gasteiger partial charge in [-0.1, -0.05) is 0 Å². The smallest absolute Gasteiger partial charge is 0.160 e. The third-order valence-electron chi connectivity index (χ3n) is 2.04. The van der Waals surface area contributed by atoms with E-state index in [1.54, 1.807) is 11.8 Å². The van der Waals surface area contributed by atoms with Crippen LogP contribution >= 0.6 is 11.8 Å². The molecule has 2 aromatic rings. The van der Waals surface area contributed by atoms with Crippen molar-refractivity contribution in [2.45, 2.75) is 5.75 Å². The van der Waals surface area contributed by atoms with Crippen LogP contribution in [0.15, 0.2) is 24.5 Å². The molecule has 0 N–H and O–H groups in total. The Morgan fingerprint density at radius 2 is 2.12 bits per heavy atom. The Hall–Kier alpha value is -1.43. The fourth-order valence-corrected chi connectivity index (χ4v) is 1.78. The molecule has 6 heteroatoms. The van der Waals surface area contributed by atoms with Gasteiger partial charge >= 0.3 is 0 Å². The van der Waals surface area contributed by atoms with Gasteiger partial charge in [-0.3, -0.25) is 0 Å². The summed E-state index contributed by atoms with van der Waals surface area (Å²) in [4.78, 5) is 4.05. The van der Waals surface area contributed by atoms with Gasteiger partial charge in [0.2, 0.25) is 0 Å². The Labute approximate surface area is 95.5 Å². The number of halogens is 2. The summed E-state index contributed by atoms with van der Waals surface area (Å²) in [6.45, 7) is 0. The van der Waals surface area contributed by atoms with Crippen molar-refractivity contribution in [2.24, 2.45) is 0 Å². The predicted molar refractivity (Wildman–Crippen MR) is 58.5 cm³/mol. The van der Waals surface area contributed by atoms with E-state index < -0.39 is 11.6 Å². The SMILES string of the molecule is CSCc1ncnn1-c1ccc(F)c(F)c1. The molecule has 0 aliphatic rings. The third-order valence-corrected chi connectivity index (χ3v) is 2.59. The fraction of sp³-hybridized carbons (Fsp3) is 0.200. The van der Waals surface area contributed by atoms with Crippen molar-refractivity contribution in [3.05, 3.63) is 42.0 Å². The molecule has 0 bridgehead atoms. The summed E-state index contributed by atoms with van der Waals surface area (Å²) < 4.78 is 27.3. The fourth-order valence-electron chi connectivity index (χ4n) is 1.33. The molecule has 84 valence electrons. The van der Waals surface area contributed by atoms with Gasteiger partial charge in [-0.2, -0.15) is 16.9 Å². The van der Waals surface area contributed by atoms with Crippen molar-refractivity contribution in [1.82, 2.24) is 14.8 Å². The maximum Gasteiger partial charge on any atom is 0.160 e. The lowest BCUT2D eigenvalue weighted by Crippen LogP contribution is -2.03. The van der Waals surface area contributed by atoms with Gasteiger partial charge < -0.3 is 0 Å². The lowest BCUT2D eigenvalue weighted by Gasteiger charge is -2.05. The highest BCUT2D eigenvalue weighted by molar-refractivity contribution is 7.97. The summed E-state index contributed by atoms with van der Waals surface area (Å²) in [6, 6.07) is 3.65. The summed E-state index contributed by atoms with van der Waals surface area (Å²) in [5, 5.41) is 3.98. The number of hydrogen-bond donors (Lipinski definition) is 0. The zero-order chi connectivity index (χ0) is 11.5. The van der Waals surface area contributed by atoms with Gasteiger partial charge in [-0.05, 0) is 18.4 Å². The summed E-state index contributed by atoms with van der Waals surface area (Å²) in [5.41, 5.74) is 0.473. The Balaban J connectivity index is 2.42. The number of benzene rings is 1. The van der Waals surface area contributed by atoms with Crippen LogP contribution in [0.1, 0.15) is 5.82 Å². The molecule has 16 heavy (non-hydrogen) atoms. The molecule has 3 nitrogen and oxygen atoms in total. The average molecular weight is 241 g/mol. The molecule has 0 unspecified atom stereocenters. The van der Waals surface area contributed by atoms with Crippen LogP contribution in [-0.2, 0) is 5.75 Å². The second kappa shape index (κ2) is 4.61. The topological polar surface area (TPSA) is 30.7 Å². The van der Waals surface area contributed by atoms with Crippen molar-refractivity contribution in [3.63, 3.8) is 0 Å². The molecule has 0 aliphatic heterocycles. The summed E-state index contributed by atoms with van der Waals surface area (Å²) >= 11 is 1.58. The average Bonchev–Trinajstić information content (AvgIpc) is 2.71. The molecule has 0 fully saturated rings. The van der Waals surface area contributed by atoms with Gasteiger partial charge in [-0.15, -0.1) is 0 Å². The van der Waals surface area contributed by atoms with Gasteiger partial charge in [-0.25, -0.2) is 18.4 Å². The van der Waals surface area contributed by atoms with E-state index in [0.29, 0.717) is 17.3 Å². The number of nitrogens with zero attached hydrogens (tertiary/aromatic N) is 3.